The molecular formula is C16H31FN2O3. The summed E-state index contributed by atoms with van der Waals surface area (Å²) in [4.78, 5) is 22.2. The van der Waals surface area contributed by atoms with E-state index in [9.17, 15) is 19.1 Å². The molecule has 0 spiro atoms. The SMILES string of the molecule is CCCCCC(F)CCC(=O)NCCC[N+](C)(C)CC(=O)[O-]. The minimum Gasteiger partial charge on any atom is -0.544 e. The van der Waals surface area contributed by atoms with Crippen molar-refractivity contribution in [3.8, 4) is 0 Å². The molecule has 6 heteroatoms. The lowest BCUT2D eigenvalue weighted by Crippen LogP contribution is -2.49. The van der Waals surface area contributed by atoms with Crippen LogP contribution >= 0.6 is 0 Å². The van der Waals surface area contributed by atoms with Gasteiger partial charge in [-0.3, -0.25) is 4.79 Å². The molecule has 0 aliphatic heterocycles. The van der Waals surface area contributed by atoms with Crippen molar-refractivity contribution in [1.82, 2.24) is 5.32 Å². The second-order valence-electron chi connectivity index (χ2n) is 6.52. The Morgan fingerprint density at radius 3 is 2.45 bits per heavy atom. The highest BCUT2D eigenvalue weighted by atomic mass is 19.1. The van der Waals surface area contributed by atoms with Gasteiger partial charge in [0, 0.05) is 19.4 Å². The van der Waals surface area contributed by atoms with Crippen LogP contribution in [-0.2, 0) is 9.59 Å². The number of quaternary nitrogens is 1. The van der Waals surface area contributed by atoms with E-state index in [1.807, 2.05) is 14.1 Å². The van der Waals surface area contributed by atoms with Crippen LogP contribution in [0.3, 0.4) is 0 Å². The second-order valence-corrected chi connectivity index (χ2v) is 6.52. The fraction of sp³-hybridized carbons (Fsp3) is 0.875. The molecule has 1 atom stereocenters. The van der Waals surface area contributed by atoms with Crippen LogP contribution in [0.15, 0.2) is 0 Å². The van der Waals surface area contributed by atoms with Crippen LogP contribution in [0.4, 0.5) is 4.39 Å². The van der Waals surface area contributed by atoms with Crippen LogP contribution in [0.25, 0.3) is 0 Å². The minimum atomic E-state index is -1.08. The monoisotopic (exact) mass is 318 g/mol. The van der Waals surface area contributed by atoms with Gasteiger partial charge in [-0.1, -0.05) is 26.2 Å². The van der Waals surface area contributed by atoms with E-state index in [2.05, 4.69) is 12.2 Å². The summed E-state index contributed by atoms with van der Waals surface area (Å²) in [6.07, 6.45) is 3.80. The molecule has 0 aromatic heterocycles. The first kappa shape index (κ1) is 20.8. The molecule has 0 saturated carbocycles. The largest absolute Gasteiger partial charge is 0.544 e. The van der Waals surface area contributed by atoms with E-state index in [1.54, 1.807) is 0 Å². The number of amides is 1. The van der Waals surface area contributed by atoms with Crippen LogP contribution in [0.5, 0.6) is 0 Å². The molecule has 0 radical (unpaired) electrons. The van der Waals surface area contributed by atoms with Crippen LogP contribution in [0.1, 0.15) is 51.9 Å². The lowest BCUT2D eigenvalue weighted by Gasteiger charge is -2.30. The van der Waals surface area contributed by atoms with Crippen LogP contribution < -0.4 is 10.4 Å². The number of carbonyl (C=O) groups excluding carboxylic acids is 2. The first-order valence-corrected chi connectivity index (χ1v) is 8.19. The molecule has 0 saturated heterocycles. The highest BCUT2D eigenvalue weighted by molar-refractivity contribution is 5.75. The van der Waals surface area contributed by atoms with E-state index >= 15 is 0 Å². The van der Waals surface area contributed by atoms with Crippen molar-refractivity contribution in [3.05, 3.63) is 0 Å². The standard InChI is InChI=1S/C16H31FN2O3/c1-4-5-6-8-14(17)9-10-15(20)18-11-7-12-19(2,3)13-16(21)22/h14H,4-13H2,1-3H3,(H-,18,20,21,22). The average Bonchev–Trinajstić information content (AvgIpc) is 2.40. The Balaban J connectivity index is 3.67. The van der Waals surface area contributed by atoms with Gasteiger partial charge in [-0.15, -0.1) is 0 Å². The molecule has 0 aromatic carbocycles. The van der Waals surface area contributed by atoms with Gasteiger partial charge >= 0.3 is 0 Å². The minimum absolute atomic E-state index is 0.0464. The van der Waals surface area contributed by atoms with Gasteiger partial charge in [0.2, 0.25) is 5.91 Å². The van der Waals surface area contributed by atoms with Crippen molar-refractivity contribution >= 4 is 11.9 Å². The third-order valence-electron chi connectivity index (χ3n) is 3.63. The number of carboxylic acid groups (broad SMARTS) is 1. The van der Waals surface area contributed by atoms with Crippen LogP contribution in [-0.4, -0.2) is 56.3 Å². The van der Waals surface area contributed by atoms with E-state index in [-0.39, 0.29) is 25.3 Å². The maximum Gasteiger partial charge on any atom is 0.220 e. The number of aliphatic carboxylic acids is 1. The summed E-state index contributed by atoms with van der Waals surface area (Å²) in [5.41, 5.74) is 0. The Morgan fingerprint density at radius 1 is 1.18 bits per heavy atom. The molecule has 130 valence electrons. The van der Waals surface area contributed by atoms with E-state index in [0.717, 1.165) is 19.3 Å². The highest BCUT2D eigenvalue weighted by Crippen LogP contribution is 2.11. The molecule has 1 N–H and O–H groups in total. The molecule has 0 fully saturated rings. The van der Waals surface area contributed by atoms with Crippen molar-refractivity contribution < 1.29 is 23.6 Å². The summed E-state index contributed by atoms with van der Waals surface area (Å²) in [7, 11) is 3.61. The lowest BCUT2D eigenvalue weighted by atomic mass is 10.1. The molecule has 22 heavy (non-hydrogen) atoms. The number of unbranched alkanes of at least 4 members (excludes halogenated alkanes) is 2. The molecule has 0 bridgehead atoms. The van der Waals surface area contributed by atoms with Gasteiger partial charge in [0.05, 0.1) is 26.6 Å². The van der Waals surface area contributed by atoms with E-state index in [0.29, 0.717) is 30.4 Å². The molecule has 1 amide bonds. The van der Waals surface area contributed by atoms with Gasteiger partial charge in [-0.05, 0) is 12.8 Å². The smallest absolute Gasteiger partial charge is 0.220 e. The topological polar surface area (TPSA) is 69.2 Å². The van der Waals surface area contributed by atoms with Crippen molar-refractivity contribution in [2.45, 2.75) is 58.0 Å². The Hall–Kier alpha value is -1.17. The number of hydrogen-bond donors (Lipinski definition) is 1. The quantitative estimate of drug-likeness (QED) is 0.407. The molecule has 0 aliphatic rings. The fourth-order valence-electron chi connectivity index (χ4n) is 2.30. The van der Waals surface area contributed by atoms with Gasteiger partial charge in [0.15, 0.2) is 0 Å². The number of likely N-dealkylation sites (N-methyl/N-ethyl adjacent to an activating group) is 1. The maximum absolute atomic E-state index is 13.5. The highest BCUT2D eigenvalue weighted by Gasteiger charge is 2.15. The number of carboxylic acids is 1. The van der Waals surface area contributed by atoms with Gasteiger partial charge in [0.1, 0.15) is 12.7 Å². The number of alkyl halides is 1. The van der Waals surface area contributed by atoms with Crippen molar-refractivity contribution in [3.63, 3.8) is 0 Å². The van der Waals surface area contributed by atoms with Crippen molar-refractivity contribution in [2.75, 3.05) is 33.7 Å². The van der Waals surface area contributed by atoms with E-state index < -0.39 is 12.1 Å². The Labute approximate surface area is 133 Å². The zero-order valence-corrected chi connectivity index (χ0v) is 14.2. The first-order chi connectivity index (χ1) is 10.3. The third-order valence-corrected chi connectivity index (χ3v) is 3.63. The first-order valence-electron chi connectivity index (χ1n) is 8.19. The Morgan fingerprint density at radius 2 is 1.86 bits per heavy atom. The van der Waals surface area contributed by atoms with Gasteiger partial charge in [-0.25, -0.2) is 4.39 Å². The van der Waals surface area contributed by atoms with E-state index in [1.165, 1.54) is 0 Å². The molecule has 0 heterocycles. The average molecular weight is 318 g/mol. The van der Waals surface area contributed by atoms with Crippen LogP contribution in [0, 0.1) is 0 Å². The molecule has 0 aromatic rings. The number of nitrogens with one attached hydrogen (secondary N) is 1. The summed E-state index contributed by atoms with van der Waals surface area (Å²) in [5.74, 6) is -1.21. The summed E-state index contributed by atoms with van der Waals surface area (Å²) < 4.78 is 13.8. The normalized spacial score (nSPS) is 12.9. The summed E-state index contributed by atoms with van der Waals surface area (Å²) >= 11 is 0. The summed E-state index contributed by atoms with van der Waals surface area (Å²) in [6, 6.07) is 0. The third kappa shape index (κ3) is 12.6. The molecule has 0 rings (SSSR count). The Kier molecular flexibility index (Phi) is 10.8. The predicted octanol–water partition coefficient (Wildman–Crippen LogP) is 1.02. The number of halogens is 1. The molecule has 0 aliphatic carbocycles. The van der Waals surface area contributed by atoms with Crippen molar-refractivity contribution in [2.24, 2.45) is 0 Å². The van der Waals surface area contributed by atoms with Crippen molar-refractivity contribution in [1.29, 1.82) is 0 Å². The zero-order chi connectivity index (χ0) is 17.0. The number of hydrogen-bond acceptors (Lipinski definition) is 3. The number of nitrogens with zero attached hydrogens (tertiary/aromatic N) is 1. The summed E-state index contributed by atoms with van der Waals surface area (Å²) in [6.45, 7) is 3.15. The summed E-state index contributed by atoms with van der Waals surface area (Å²) in [5, 5.41) is 13.3. The van der Waals surface area contributed by atoms with E-state index in [4.69, 9.17) is 0 Å². The second kappa shape index (κ2) is 11.4. The number of rotatable bonds is 13. The zero-order valence-electron chi connectivity index (χ0n) is 14.2. The fourth-order valence-corrected chi connectivity index (χ4v) is 2.30. The van der Waals surface area contributed by atoms with Gasteiger partial charge < -0.3 is 19.7 Å². The maximum atomic E-state index is 13.5. The number of carbonyl (C=O) groups is 2. The lowest BCUT2D eigenvalue weighted by molar-refractivity contribution is -0.884. The van der Waals surface area contributed by atoms with Gasteiger partial charge in [-0.2, -0.15) is 0 Å². The van der Waals surface area contributed by atoms with Gasteiger partial charge in [0.25, 0.3) is 0 Å². The Bertz CT molecular complexity index is 335. The molecule has 1 unspecified atom stereocenters. The van der Waals surface area contributed by atoms with Crippen LogP contribution in [0.2, 0.25) is 0 Å². The molecule has 5 nitrogen and oxygen atoms in total. The predicted molar refractivity (Wildman–Crippen MR) is 82.7 cm³/mol. The molecular weight excluding hydrogens is 287 g/mol.